The average molecular weight is 354 g/mol. The first kappa shape index (κ1) is 15.6. The van der Waals surface area contributed by atoms with Gasteiger partial charge in [0.25, 0.3) is 0 Å². The number of aromatic nitrogens is 3. The fraction of sp³-hybridized carbons (Fsp3) is 0.111. The Morgan fingerprint density at radius 2 is 2.00 bits per heavy atom. The number of nitrogens with one attached hydrogen (secondary N) is 1. The molecular formula is C18H15FN4OS. The SMILES string of the molecule is Fc1cccc(-c2cn3nc(NCCOc4ccccc4)sc3n2)c1. The van der Waals surface area contributed by atoms with Crippen LogP contribution in [0.1, 0.15) is 0 Å². The molecule has 25 heavy (non-hydrogen) atoms. The Labute approximate surface area is 147 Å². The fourth-order valence-electron chi connectivity index (χ4n) is 2.40. The van der Waals surface area contributed by atoms with Crippen LogP contribution in [0.15, 0.2) is 60.8 Å². The minimum absolute atomic E-state index is 0.275. The Balaban J connectivity index is 1.38. The van der Waals surface area contributed by atoms with Gasteiger partial charge >= 0.3 is 0 Å². The number of para-hydroxylation sites is 1. The summed E-state index contributed by atoms with van der Waals surface area (Å²) in [6.45, 7) is 1.18. The van der Waals surface area contributed by atoms with Crippen molar-refractivity contribution in [1.82, 2.24) is 14.6 Å². The predicted molar refractivity (Wildman–Crippen MR) is 96.7 cm³/mol. The normalized spacial score (nSPS) is 10.9. The molecule has 5 nitrogen and oxygen atoms in total. The summed E-state index contributed by atoms with van der Waals surface area (Å²) in [5.41, 5.74) is 1.45. The molecule has 0 atom stereocenters. The summed E-state index contributed by atoms with van der Waals surface area (Å²) >= 11 is 1.44. The summed E-state index contributed by atoms with van der Waals surface area (Å²) in [7, 11) is 0. The molecule has 2 aromatic heterocycles. The Morgan fingerprint density at radius 1 is 1.12 bits per heavy atom. The van der Waals surface area contributed by atoms with Gasteiger partial charge in [-0.05, 0) is 24.3 Å². The zero-order chi connectivity index (χ0) is 17.1. The van der Waals surface area contributed by atoms with Crippen molar-refractivity contribution in [2.24, 2.45) is 0 Å². The van der Waals surface area contributed by atoms with E-state index in [1.165, 1.54) is 23.5 Å². The lowest BCUT2D eigenvalue weighted by Gasteiger charge is -2.05. The standard InChI is InChI=1S/C18H15FN4OS/c19-14-6-4-5-13(11-14)16-12-23-18(21-16)25-17(22-23)20-9-10-24-15-7-2-1-3-8-15/h1-8,11-12H,9-10H2,(H,20,22). The molecule has 0 saturated carbocycles. The highest BCUT2D eigenvalue weighted by Crippen LogP contribution is 2.24. The molecule has 4 rings (SSSR count). The van der Waals surface area contributed by atoms with Crippen molar-refractivity contribution < 1.29 is 9.13 Å². The molecule has 0 amide bonds. The summed E-state index contributed by atoms with van der Waals surface area (Å²) in [6.07, 6.45) is 1.80. The van der Waals surface area contributed by atoms with Crippen LogP contribution in [0.2, 0.25) is 0 Å². The molecule has 126 valence electrons. The number of ether oxygens (including phenoxy) is 1. The second kappa shape index (κ2) is 6.90. The maximum absolute atomic E-state index is 13.3. The number of hydrogen-bond acceptors (Lipinski definition) is 5. The van der Waals surface area contributed by atoms with Gasteiger partial charge in [0.2, 0.25) is 10.1 Å². The van der Waals surface area contributed by atoms with E-state index in [1.807, 2.05) is 36.4 Å². The van der Waals surface area contributed by atoms with Gasteiger partial charge in [0, 0.05) is 5.56 Å². The minimum atomic E-state index is -0.275. The number of imidazole rings is 1. The molecule has 0 fully saturated rings. The first-order valence-electron chi connectivity index (χ1n) is 7.82. The topological polar surface area (TPSA) is 51.5 Å². The summed E-state index contributed by atoms with van der Waals surface area (Å²) in [6, 6.07) is 16.1. The van der Waals surface area contributed by atoms with Gasteiger partial charge in [0.15, 0.2) is 0 Å². The van der Waals surface area contributed by atoms with E-state index in [-0.39, 0.29) is 5.82 Å². The van der Waals surface area contributed by atoms with Crippen LogP contribution in [0.5, 0.6) is 5.75 Å². The van der Waals surface area contributed by atoms with E-state index in [0.717, 1.165) is 21.4 Å². The van der Waals surface area contributed by atoms with Gasteiger partial charge < -0.3 is 10.1 Å². The molecule has 7 heteroatoms. The third kappa shape index (κ3) is 3.61. The highest BCUT2D eigenvalue weighted by Gasteiger charge is 2.10. The van der Waals surface area contributed by atoms with Gasteiger partial charge in [-0.1, -0.05) is 41.7 Å². The summed E-state index contributed by atoms with van der Waals surface area (Å²) < 4.78 is 20.7. The highest BCUT2D eigenvalue weighted by molar-refractivity contribution is 7.20. The average Bonchev–Trinajstić information content (AvgIpc) is 3.18. The molecule has 4 aromatic rings. The van der Waals surface area contributed by atoms with Gasteiger partial charge in [-0.2, -0.15) is 0 Å². The maximum Gasteiger partial charge on any atom is 0.214 e. The smallest absolute Gasteiger partial charge is 0.214 e. The molecule has 0 radical (unpaired) electrons. The Kier molecular flexibility index (Phi) is 4.30. The fourth-order valence-corrected chi connectivity index (χ4v) is 3.21. The molecular weight excluding hydrogens is 339 g/mol. The van der Waals surface area contributed by atoms with E-state index < -0.39 is 0 Å². The van der Waals surface area contributed by atoms with Crippen LogP contribution in [0, 0.1) is 5.82 Å². The van der Waals surface area contributed by atoms with Gasteiger partial charge in [0.1, 0.15) is 18.2 Å². The number of anilines is 1. The second-order valence-corrected chi connectivity index (χ2v) is 6.32. The summed E-state index contributed by atoms with van der Waals surface area (Å²) in [5.74, 6) is 0.570. The largest absolute Gasteiger partial charge is 0.492 e. The molecule has 0 aliphatic rings. The molecule has 2 aromatic carbocycles. The van der Waals surface area contributed by atoms with Crippen molar-refractivity contribution in [3.8, 4) is 17.0 Å². The van der Waals surface area contributed by atoms with E-state index in [4.69, 9.17) is 4.74 Å². The monoisotopic (exact) mass is 354 g/mol. The third-order valence-corrected chi connectivity index (χ3v) is 4.43. The van der Waals surface area contributed by atoms with Crippen molar-refractivity contribution in [3.63, 3.8) is 0 Å². The number of nitrogens with zero attached hydrogens (tertiary/aromatic N) is 3. The molecule has 1 N–H and O–H groups in total. The maximum atomic E-state index is 13.3. The Morgan fingerprint density at radius 3 is 2.80 bits per heavy atom. The number of rotatable bonds is 6. The Hall–Kier alpha value is -2.93. The van der Waals surface area contributed by atoms with Crippen LogP contribution >= 0.6 is 11.3 Å². The van der Waals surface area contributed by atoms with Crippen LogP contribution in [0.25, 0.3) is 16.2 Å². The zero-order valence-electron chi connectivity index (χ0n) is 13.2. The summed E-state index contributed by atoms with van der Waals surface area (Å²) in [4.78, 5) is 5.26. The molecule has 0 spiro atoms. The lowest BCUT2D eigenvalue weighted by molar-refractivity contribution is 0.333. The quantitative estimate of drug-likeness (QED) is 0.530. The third-order valence-electron chi connectivity index (χ3n) is 3.55. The molecule has 2 heterocycles. The lowest BCUT2D eigenvalue weighted by atomic mass is 10.2. The number of benzene rings is 2. The van der Waals surface area contributed by atoms with Crippen LogP contribution in [-0.2, 0) is 0 Å². The molecule has 0 unspecified atom stereocenters. The van der Waals surface area contributed by atoms with Gasteiger partial charge in [0.05, 0.1) is 18.4 Å². The Bertz CT molecular complexity index is 952. The first-order valence-corrected chi connectivity index (χ1v) is 8.63. The van der Waals surface area contributed by atoms with E-state index in [9.17, 15) is 4.39 Å². The molecule has 0 aliphatic carbocycles. The van der Waals surface area contributed by atoms with Crippen molar-refractivity contribution in [2.75, 3.05) is 18.5 Å². The van der Waals surface area contributed by atoms with Gasteiger partial charge in [-0.25, -0.2) is 13.9 Å². The van der Waals surface area contributed by atoms with Crippen LogP contribution in [0.3, 0.4) is 0 Å². The lowest BCUT2D eigenvalue weighted by Crippen LogP contribution is -2.11. The van der Waals surface area contributed by atoms with E-state index in [1.54, 1.807) is 16.8 Å². The number of halogens is 1. The molecule has 0 saturated heterocycles. The minimum Gasteiger partial charge on any atom is -0.492 e. The molecule has 0 aliphatic heterocycles. The second-order valence-electron chi connectivity index (χ2n) is 5.36. The zero-order valence-corrected chi connectivity index (χ0v) is 14.0. The predicted octanol–water partition coefficient (Wildman–Crippen LogP) is 4.09. The van der Waals surface area contributed by atoms with Gasteiger partial charge in [-0.15, -0.1) is 5.10 Å². The number of hydrogen-bond donors (Lipinski definition) is 1. The highest BCUT2D eigenvalue weighted by atomic mass is 32.1. The van der Waals surface area contributed by atoms with Crippen LogP contribution < -0.4 is 10.1 Å². The van der Waals surface area contributed by atoms with Crippen molar-refractivity contribution in [1.29, 1.82) is 0 Å². The van der Waals surface area contributed by atoms with E-state index in [2.05, 4.69) is 15.4 Å². The molecule has 0 bridgehead atoms. The van der Waals surface area contributed by atoms with Crippen LogP contribution in [0.4, 0.5) is 9.52 Å². The van der Waals surface area contributed by atoms with E-state index >= 15 is 0 Å². The van der Waals surface area contributed by atoms with E-state index in [0.29, 0.717) is 18.8 Å². The first-order chi connectivity index (χ1) is 12.3. The van der Waals surface area contributed by atoms with Crippen molar-refractivity contribution >= 4 is 21.4 Å². The van der Waals surface area contributed by atoms with Crippen molar-refractivity contribution in [3.05, 3.63) is 66.6 Å². The van der Waals surface area contributed by atoms with Crippen LogP contribution in [-0.4, -0.2) is 27.7 Å². The van der Waals surface area contributed by atoms with Gasteiger partial charge in [-0.3, -0.25) is 0 Å². The van der Waals surface area contributed by atoms with Crippen molar-refractivity contribution in [2.45, 2.75) is 0 Å². The summed E-state index contributed by atoms with van der Waals surface area (Å²) in [5, 5.41) is 8.43. The number of fused-ring (bicyclic) bond motifs is 1.